The Kier molecular flexibility index (Phi) is 1.25. The minimum atomic E-state index is -2.27. The van der Waals surface area contributed by atoms with Gasteiger partial charge in [0.05, 0.1) is 1.37 Å². The normalized spacial score (nSPS) is 33.4. The van der Waals surface area contributed by atoms with E-state index in [9.17, 15) is 9.90 Å². The molecule has 1 aliphatic carbocycles. The summed E-state index contributed by atoms with van der Waals surface area (Å²) in [4.78, 5) is 13.4. The van der Waals surface area contributed by atoms with Crippen molar-refractivity contribution in [3.8, 4) is 5.75 Å². The molecular weight excluding hydrogens is 202 g/mol. The van der Waals surface area contributed by atoms with Crippen LogP contribution >= 0.6 is 0 Å². The third-order valence-electron chi connectivity index (χ3n) is 2.87. The van der Waals surface area contributed by atoms with Gasteiger partial charge < -0.3 is 10.0 Å². The third kappa shape index (κ3) is 1.39. The molecule has 1 N–H and O–H groups in total. The second-order valence-corrected chi connectivity index (χ2v) is 3.93. The molecule has 1 heterocycles. The van der Waals surface area contributed by atoms with Crippen molar-refractivity contribution in [2.75, 3.05) is 0 Å². The molecule has 3 rings (SSSR count). The molecule has 3 heteroatoms. The number of hydrogen-bond donors (Lipinski definition) is 1. The fourth-order valence-corrected chi connectivity index (χ4v) is 2.10. The lowest BCUT2D eigenvalue weighted by atomic mass is 10.1. The number of benzene rings is 1. The van der Waals surface area contributed by atoms with Gasteiger partial charge in [0, 0.05) is 23.6 Å². The van der Waals surface area contributed by atoms with Crippen molar-refractivity contribution in [1.82, 2.24) is 4.90 Å². The van der Waals surface area contributed by atoms with Crippen LogP contribution in [0.15, 0.2) is 18.2 Å². The first-order valence-electron chi connectivity index (χ1n) is 7.74. The molecule has 0 unspecified atom stereocenters. The molecule has 3 nitrogen and oxygen atoms in total. The maximum absolute atomic E-state index is 12.5. The van der Waals surface area contributed by atoms with E-state index in [2.05, 4.69) is 0 Å². The summed E-state index contributed by atoms with van der Waals surface area (Å²) >= 11 is 0. The van der Waals surface area contributed by atoms with Crippen LogP contribution in [0.5, 0.6) is 5.75 Å². The molecular formula is C13H15NO2. The minimum Gasteiger partial charge on any atom is -0.508 e. The largest absolute Gasteiger partial charge is 0.508 e. The molecule has 0 atom stereocenters. The topological polar surface area (TPSA) is 40.5 Å². The molecule has 0 bridgehead atoms. The van der Waals surface area contributed by atoms with Crippen LogP contribution in [-0.4, -0.2) is 21.9 Å². The van der Waals surface area contributed by atoms with E-state index >= 15 is 0 Å². The monoisotopic (exact) mass is 222 g/mol. The zero-order valence-electron chi connectivity index (χ0n) is 13.7. The summed E-state index contributed by atoms with van der Waals surface area (Å²) in [5, 5.41) is 9.48. The van der Waals surface area contributed by atoms with Crippen LogP contribution in [0.1, 0.15) is 48.4 Å². The Labute approximate surface area is 102 Å². The SMILES string of the molecule is [2H]C1([2H])CCC([2H])([2H])C1([2H])N1Cc2cc(O)ccc2C1=O. The van der Waals surface area contributed by atoms with Gasteiger partial charge in [-0.25, -0.2) is 0 Å². The number of hydrogen-bond acceptors (Lipinski definition) is 2. The molecule has 1 fully saturated rings. The highest BCUT2D eigenvalue weighted by atomic mass is 16.3. The van der Waals surface area contributed by atoms with Gasteiger partial charge in [0.25, 0.3) is 5.91 Å². The molecule has 1 amide bonds. The quantitative estimate of drug-likeness (QED) is 0.792. The number of carbonyl (C=O) groups excluding carboxylic acids is 1. The molecule has 2 aliphatic rings. The highest BCUT2D eigenvalue weighted by Crippen LogP contribution is 2.32. The number of fused-ring (bicyclic) bond motifs is 1. The van der Waals surface area contributed by atoms with Crippen molar-refractivity contribution < 1.29 is 16.8 Å². The molecule has 1 aromatic carbocycles. The summed E-state index contributed by atoms with van der Waals surface area (Å²) in [5.41, 5.74) is 0.781. The molecule has 0 aromatic heterocycles. The van der Waals surface area contributed by atoms with Crippen molar-refractivity contribution in [3.63, 3.8) is 0 Å². The maximum Gasteiger partial charge on any atom is 0.254 e. The summed E-state index contributed by atoms with van der Waals surface area (Å²) < 4.78 is 40.4. The molecule has 0 spiro atoms. The summed E-state index contributed by atoms with van der Waals surface area (Å²) in [5.74, 6) is -0.575. The van der Waals surface area contributed by atoms with E-state index in [0.717, 1.165) is 4.90 Å². The summed E-state index contributed by atoms with van der Waals surface area (Å²) in [6.07, 6.45) is -4.46. The Morgan fingerprint density at radius 3 is 2.94 bits per heavy atom. The van der Waals surface area contributed by atoms with E-state index in [4.69, 9.17) is 6.85 Å². The Hall–Kier alpha value is -1.51. The zero-order valence-corrected chi connectivity index (χ0v) is 8.66. The van der Waals surface area contributed by atoms with Crippen LogP contribution in [0, 0.1) is 0 Å². The highest BCUT2D eigenvalue weighted by Gasteiger charge is 2.33. The number of rotatable bonds is 1. The molecule has 1 aliphatic heterocycles. The second-order valence-electron chi connectivity index (χ2n) is 3.93. The number of carbonyl (C=O) groups is 1. The van der Waals surface area contributed by atoms with Gasteiger partial charge in [-0.15, -0.1) is 0 Å². The van der Waals surface area contributed by atoms with E-state index in [1.165, 1.54) is 18.2 Å². The summed E-state index contributed by atoms with van der Waals surface area (Å²) in [7, 11) is 0. The first kappa shape index (κ1) is 5.71. The lowest BCUT2D eigenvalue weighted by Gasteiger charge is -2.23. The fraction of sp³-hybridized carbons (Fsp3) is 0.462. The Balaban J connectivity index is 2.08. The van der Waals surface area contributed by atoms with Crippen LogP contribution in [0.3, 0.4) is 0 Å². The van der Waals surface area contributed by atoms with Gasteiger partial charge in [-0.1, -0.05) is 12.8 Å². The van der Waals surface area contributed by atoms with E-state index in [1.54, 1.807) is 0 Å². The van der Waals surface area contributed by atoms with Crippen molar-refractivity contribution in [2.24, 2.45) is 0 Å². The number of phenolic OH excluding ortho intramolecular Hbond substituents is 1. The summed E-state index contributed by atoms with van der Waals surface area (Å²) in [6, 6.07) is 1.91. The third-order valence-corrected chi connectivity index (χ3v) is 2.87. The van der Waals surface area contributed by atoms with Gasteiger partial charge in [0.1, 0.15) is 5.75 Å². The number of phenols is 1. The van der Waals surface area contributed by atoms with E-state index in [0.29, 0.717) is 5.56 Å². The van der Waals surface area contributed by atoms with Gasteiger partial charge in [-0.2, -0.15) is 0 Å². The molecule has 1 saturated carbocycles. The Morgan fingerprint density at radius 1 is 1.44 bits per heavy atom. The molecule has 1 aromatic rings. The van der Waals surface area contributed by atoms with Gasteiger partial charge >= 0.3 is 0 Å². The van der Waals surface area contributed by atoms with Crippen LogP contribution in [0.2, 0.25) is 0 Å². The number of nitrogens with zero attached hydrogens (tertiary/aromatic N) is 1. The van der Waals surface area contributed by atoms with Gasteiger partial charge in [-0.05, 0) is 36.5 Å². The smallest absolute Gasteiger partial charge is 0.254 e. The number of aromatic hydroxyl groups is 1. The first-order valence-corrected chi connectivity index (χ1v) is 5.24. The van der Waals surface area contributed by atoms with E-state index in [-0.39, 0.29) is 30.7 Å². The lowest BCUT2D eigenvalue weighted by Crippen LogP contribution is -2.33. The molecule has 16 heavy (non-hydrogen) atoms. The molecule has 0 radical (unpaired) electrons. The van der Waals surface area contributed by atoms with Crippen LogP contribution in [0.25, 0.3) is 0 Å². The zero-order chi connectivity index (χ0) is 15.6. The van der Waals surface area contributed by atoms with E-state index in [1.807, 2.05) is 0 Å². The Morgan fingerprint density at radius 2 is 2.19 bits per heavy atom. The highest BCUT2D eigenvalue weighted by molar-refractivity contribution is 5.98. The van der Waals surface area contributed by atoms with Crippen molar-refractivity contribution >= 4 is 5.91 Å². The lowest BCUT2D eigenvalue weighted by molar-refractivity contribution is 0.0707. The van der Waals surface area contributed by atoms with Crippen LogP contribution in [0.4, 0.5) is 0 Å². The first-order chi connectivity index (χ1) is 9.60. The average Bonchev–Trinajstić information content (AvgIpc) is 2.79. The maximum atomic E-state index is 12.5. The molecule has 84 valence electrons. The second kappa shape index (κ2) is 3.51. The van der Waals surface area contributed by atoms with Gasteiger partial charge in [0.2, 0.25) is 0 Å². The fourth-order valence-electron chi connectivity index (χ4n) is 2.10. The predicted octanol–water partition coefficient (Wildman–Crippen LogP) is 2.29. The predicted molar refractivity (Wildman–Crippen MR) is 60.2 cm³/mol. The van der Waals surface area contributed by atoms with Crippen molar-refractivity contribution in [1.29, 1.82) is 0 Å². The van der Waals surface area contributed by atoms with Crippen LogP contribution in [-0.2, 0) is 6.54 Å². The van der Waals surface area contributed by atoms with Gasteiger partial charge in [-0.3, -0.25) is 4.79 Å². The van der Waals surface area contributed by atoms with Crippen molar-refractivity contribution in [2.45, 2.75) is 38.2 Å². The van der Waals surface area contributed by atoms with Crippen molar-refractivity contribution in [3.05, 3.63) is 29.3 Å². The minimum absolute atomic E-state index is 0.0140. The Bertz CT molecular complexity index is 615. The summed E-state index contributed by atoms with van der Waals surface area (Å²) in [6.45, 7) is -0.0644. The van der Waals surface area contributed by atoms with E-state index < -0.39 is 24.7 Å². The van der Waals surface area contributed by atoms with Crippen LogP contribution < -0.4 is 0 Å². The van der Waals surface area contributed by atoms with Gasteiger partial charge in [0.15, 0.2) is 0 Å². The standard InChI is InChI=1S/C13H15NO2/c15-11-5-6-12-9(7-11)8-14(13(12)16)10-3-1-2-4-10/h5-7,10,15H,1-4,8H2/i3D2,4D2,10D. The molecule has 0 saturated heterocycles. The number of amides is 1. The average molecular weight is 222 g/mol.